The maximum Gasteiger partial charge on any atom is 0.272 e. The maximum atomic E-state index is 13.6. The van der Waals surface area contributed by atoms with E-state index in [0.717, 1.165) is 34.3 Å². The summed E-state index contributed by atoms with van der Waals surface area (Å²) in [5.41, 5.74) is 3.84. The number of aryl methyl sites for hydroxylation is 2. The lowest BCUT2D eigenvalue weighted by molar-refractivity contribution is 0.101. The van der Waals surface area contributed by atoms with Gasteiger partial charge in [0.15, 0.2) is 11.5 Å². The van der Waals surface area contributed by atoms with Gasteiger partial charge in [-0.3, -0.25) is 9.59 Å². The number of hydrogen-bond donors (Lipinski definition) is 3. The monoisotopic (exact) mass is 600 g/mol. The number of carbonyl (C=O) groups is 2. The first kappa shape index (κ1) is 27.7. The molecule has 0 unspecified atom stereocenters. The van der Waals surface area contributed by atoms with Crippen LogP contribution in [-0.2, 0) is 13.6 Å². The second-order valence-electron chi connectivity index (χ2n) is 10.3. The number of carbonyl (C=O) groups excluding carboxylic acids is 2. The largest absolute Gasteiger partial charge is 0.346 e. The van der Waals surface area contributed by atoms with Gasteiger partial charge in [-0.25, -0.2) is 9.97 Å². The highest BCUT2D eigenvalue weighted by Crippen LogP contribution is 2.35. The second-order valence-corrected chi connectivity index (χ2v) is 11.7. The fraction of sp³-hybridized carbons (Fsp3) is 0.200. The Bertz CT molecular complexity index is 1900. The number of amides is 2. The van der Waals surface area contributed by atoms with Crippen LogP contribution in [0.4, 0.5) is 11.4 Å². The highest BCUT2D eigenvalue weighted by atomic mass is 35.5. The Balaban J connectivity index is 1.24. The third-order valence-corrected chi connectivity index (χ3v) is 8.57. The predicted octanol–water partition coefficient (Wildman–Crippen LogP) is 6.09. The van der Waals surface area contributed by atoms with Crippen LogP contribution in [0, 0.1) is 0 Å². The van der Waals surface area contributed by atoms with E-state index in [-0.39, 0.29) is 11.8 Å². The molecule has 42 heavy (non-hydrogen) atoms. The lowest BCUT2D eigenvalue weighted by atomic mass is 10.2. The van der Waals surface area contributed by atoms with Gasteiger partial charge in [-0.2, -0.15) is 0 Å². The number of hydrogen-bond acceptors (Lipinski definition) is 6. The topological polar surface area (TPSA) is 113 Å². The van der Waals surface area contributed by atoms with Gasteiger partial charge in [0, 0.05) is 42.3 Å². The molecule has 6 rings (SSSR count). The summed E-state index contributed by atoms with van der Waals surface area (Å²) in [5.74, 6) is 0.0546. The van der Waals surface area contributed by atoms with E-state index in [1.54, 1.807) is 18.5 Å². The molecule has 12 heteroatoms. The molecule has 0 aliphatic heterocycles. The zero-order valence-corrected chi connectivity index (χ0v) is 24.9. The highest BCUT2D eigenvalue weighted by Gasteiger charge is 2.21. The lowest BCUT2D eigenvalue weighted by Crippen LogP contribution is -2.19. The quantitative estimate of drug-likeness (QED) is 0.186. The molecule has 2 amide bonds. The molecule has 214 valence electrons. The molecule has 0 fully saturated rings. The number of nitrogens with one attached hydrogen (secondary N) is 3. The normalized spacial score (nSPS) is 11.5. The van der Waals surface area contributed by atoms with Crippen molar-refractivity contribution >= 4 is 67.4 Å². The number of halogens is 1. The first-order chi connectivity index (χ1) is 20.3. The predicted molar refractivity (Wildman–Crippen MR) is 169 cm³/mol. The van der Waals surface area contributed by atoms with Crippen molar-refractivity contribution in [1.29, 1.82) is 0 Å². The number of benzene rings is 1. The average molecular weight is 601 g/mol. The van der Waals surface area contributed by atoms with Crippen molar-refractivity contribution in [3.05, 3.63) is 82.7 Å². The van der Waals surface area contributed by atoms with Crippen molar-refractivity contribution in [3.63, 3.8) is 0 Å². The number of thiophene rings is 1. The molecule has 0 aliphatic carbocycles. The van der Waals surface area contributed by atoms with Crippen molar-refractivity contribution in [2.75, 3.05) is 31.3 Å². The number of rotatable bonds is 9. The van der Waals surface area contributed by atoms with Gasteiger partial charge in [0.25, 0.3) is 11.8 Å². The molecular weight excluding hydrogens is 572 g/mol. The fourth-order valence-electron chi connectivity index (χ4n) is 4.89. The minimum absolute atomic E-state index is 0.288. The van der Waals surface area contributed by atoms with E-state index in [0.29, 0.717) is 45.0 Å². The summed E-state index contributed by atoms with van der Waals surface area (Å²) < 4.78 is 4.70. The molecule has 0 atom stereocenters. The first-order valence-electron chi connectivity index (χ1n) is 13.4. The third-order valence-electron chi connectivity index (χ3n) is 6.89. The minimum Gasteiger partial charge on any atom is -0.346 e. The summed E-state index contributed by atoms with van der Waals surface area (Å²) in [6.45, 7) is 1.46. The van der Waals surface area contributed by atoms with Crippen molar-refractivity contribution < 1.29 is 9.59 Å². The molecule has 1 aromatic carbocycles. The van der Waals surface area contributed by atoms with Gasteiger partial charge >= 0.3 is 0 Å². The number of nitrogens with zero attached hydrogens (tertiary/aromatic N) is 5. The zero-order chi connectivity index (χ0) is 29.4. The van der Waals surface area contributed by atoms with Crippen LogP contribution in [0.3, 0.4) is 0 Å². The Morgan fingerprint density at radius 2 is 1.83 bits per heavy atom. The highest BCUT2D eigenvalue weighted by molar-refractivity contribution is 7.21. The Hall–Kier alpha value is -4.45. The standard InChI is InChI=1S/C30H29ClN8O2S/c1-37(2)12-7-13-39-17-19(34-30(41)26-25(31)20-8-4-5-10-24(20)42-26)15-23(39)29(40)33-18-14-22(38(3)16-18)28-35-21-9-6-11-32-27(21)36-28/h4-6,8-11,14-17H,7,12-13H2,1-3H3,(H,33,40)(H,34,41)(H,32,35,36). The molecule has 0 saturated heterocycles. The van der Waals surface area contributed by atoms with Crippen LogP contribution in [0.15, 0.2) is 67.1 Å². The number of aromatic nitrogens is 5. The number of pyridine rings is 1. The maximum absolute atomic E-state index is 13.6. The van der Waals surface area contributed by atoms with Gasteiger partial charge < -0.3 is 29.7 Å². The number of fused-ring (bicyclic) bond motifs is 2. The van der Waals surface area contributed by atoms with Crippen LogP contribution in [0.25, 0.3) is 32.8 Å². The van der Waals surface area contributed by atoms with E-state index in [4.69, 9.17) is 11.6 Å². The molecule has 5 heterocycles. The van der Waals surface area contributed by atoms with E-state index in [1.807, 2.05) is 78.9 Å². The van der Waals surface area contributed by atoms with E-state index in [1.165, 1.54) is 11.3 Å². The van der Waals surface area contributed by atoms with E-state index >= 15 is 0 Å². The molecule has 5 aromatic heterocycles. The number of imidazole rings is 1. The summed E-state index contributed by atoms with van der Waals surface area (Å²) in [4.78, 5) is 41.5. The van der Waals surface area contributed by atoms with Crippen LogP contribution in [0.2, 0.25) is 5.02 Å². The third kappa shape index (κ3) is 5.54. The van der Waals surface area contributed by atoms with Gasteiger partial charge in [-0.05, 0) is 57.4 Å². The lowest BCUT2D eigenvalue weighted by Gasteiger charge is -2.12. The molecule has 6 aromatic rings. The summed E-state index contributed by atoms with van der Waals surface area (Å²) in [7, 11) is 5.91. The van der Waals surface area contributed by atoms with Gasteiger partial charge in [0.05, 0.1) is 22.1 Å². The second kappa shape index (κ2) is 11.4. The summed E-state index contributed by atoms with van der Waals surface area (Å²) in [6, 6.07) is 14.9. The summed E-state index contributed by atoms with van der Waals surface area (Å²) in [5, 5.41) is 7.22. The smallest absolute Gasteiger partial charge is 0.272 e. The van der Waals surface area contributed by atoms with Gasteiger partial charge in [0.2, 0.25) is 0 Å². The van der Waals surface area contributed by atoms with Crippen LogP contribution < -0.4 is 10.6 Å². The SMILES string of the molecule is CN(C)CCCn1cc(NC(=O)c2sc3ccccc3c2Cl)cc1C(=O)Nc1cc(-c2nc3cccnc3[nH]2)n(C)c1. The molecule has 0 aliphatic rings. The van der Waals surface area contributed by atoms with Crippen molar-refractivity contribution in [1.82, 2.24) is 29.0 Å². The van der Waals surface area contributed by atoms with Gasteiger partial charge in [-0.1, -0.05) is 29.8 Å². The van der Waals surface area contributed by atoms with E-state index in [9.17, 15) is 9.59 Å². The van der Waals surface area contributed by atoms with Crippen molar-refractivity contribution in [2.45, 2.75) is 13.0 Å². The Morgan fingerprint density at radius 3 is 2.62 bits per heavy atom. The zero-order valence-electron chi connectivity index (χ0n) is 23.3. The Labute approximate surface area is 250 Å². The molecule has 3 N–H and O–H groups in total. The molecule has 0 radical (unpaired) electrons. The van der Waals surface area contributed by atoms with Gasteiger partial charge in [0.1, 0.15) is 16.1 Å². The number of anilines is 2. The molecule has 0 spiro atoms. The average Bonchev–Trinajstić information content (AvgIpc) is 3.73. The van der Waals surface area contributed by atoms with Crippen LogP contribution in [0.5, 0.6) is 0 Å². The Kier molecular flexibility index (Phi) is 7.55. The van der Waals surface area contributed by atoms with Gasteiger partial charge in [-0.15, -0.1) is 11.3 Å². The molecule has 10 nitrogen and oxygen atoms in total. The van der Waals surface area contributed by atoms with E-state index < -0.39 is 0 Å². The number of H-pyrrole nitrogens is 1. The summed E-state index contributed by atoms with van der Waals surface area (Å²) >= 11 is 7.88. The van der Waals surface area contributed by atoms with Crippen LogP contribution >= 0.6 is 22.9 Å². The van der Waals surface area contributed by atoms with Crippen LogP contribution in [-0.4, -0.2) is 61.4 Å². The van der Waals surface area contributed by atoms with Crippen molar-refractivity contribution in [3.8, 4) is 11.5 Å². The minimum atomic E-state index is -0.313. The molecule has 0 saturated carbocycles. The van der Waals surface area contributed by atoms with Crippen LogP contribution in [0.1, 0.15) is 26.6 Å². The molecule has 0 bridgehead atoms. The Morgan fingerprint density at radius 1 is 1.05 bits per heavy atom. The fourth-order valence-corrected chi connectivity index (χ4v) is 6.30. The number of aromatic amines is 1. The first-order valence-corrected chi connectivity index (χ1v) is 14.6. The van der Waals surface area contributed by atoms with Crippen molar-refractivity contribution in [2.24, 2.45) is 7.05 Å². The molecular formula is C30H29ClN8O2S. The summed E-state index contributed by atoms with van der Waals surface area (Å²) in [6.07, 6.45) is 6.16. The van der Waals surface area contributed by atoms with E-state index in [2.05, 4.69) is 30.5 Å².